The largest absolute Gasteiger partial charge is 0.494 e. The zero-order chi connectivity index (χ0) is 27.3. The van der Waals surface area contributed by atoms with Gasteiger partial charge in [0.1, 0.15) is 17.6 Å². The van der Waals surface area contributed by atoms with E-state index in [9.17, 15) is 4.79 Å². The van der Waals surface area contributed by atoms with Crippen molar-refractivity contribution in [2.24, 2.45) is 0 Å². The number of aromatic nitrogens is 6. The predicted octanol–water partition coefficient (Wildman–Crippen LogP) is 3.87. The van der Waals surface area contributed by atoms with E-state index in [4.69, 9.17) is 13.9 Å². The van der Waals surface area contributed by atoms with E-state index in [0.29, 0.717) is 37.6 Å². The van der Waals surface area contributed by atoms with Crippen LogP contribution in [0.5, 0.6) is 5.75 Å². The number of ether oxygens (including phenoxy) is 2. The van der Waals surface area contributed by atoms with Gasteiger partial charge < -0.3 is 18.9 Å². The van der Waals surface area contributed by atoms with Gasteiger partial charge in [0.15, 0.2) is 5.82 Å². The first kappa shape index (κ1) is 25.9. The molecule has 2 atom stereocenters. The topological polar surface area (TPSA) is 124 Å². The summed E-state index contributed by atoms with van der Waals surface area (Å²) in [5.41, 5.74) is 2.00. The van der Waals surface area contributed by atoms with Gasteiger partial charge in [0.25, 0.3) is 5.56 Å². The number of nitrogens with one attached hydrogen (secondary N) is 1. The third kappa shape index (κ3) is 5.65. The summed E-state index contributed by atoms with van der Waals surface area (Å²) in [6.45, 7) is 4.60. The van der Waals surface area contributed by atoms with Crippen LogP contribution in [0.1, 0.15) is 48.5 Å². The molecule has 1 saturated heterocycles. The summed E-state index contributed by atoms with van der Waals surface area (Å²) in [7, 11) is 0. The quantitative estimate of drug-likeness (QED) is 0.265. The van der Waals surface area contributed by atoms with Crippen LogP contribution in [0.2, 0.25) is 0 Å². The van der Waals surface area contributed by atoms with Crippen molar-refractivity contribution in [3.05, 3.63) is 100 Å². The van der Waals surface area contributed by atoms with Gasteiger partial charge >= 0.3 is 0 Å². The van der Waals surface area contributed by atoms with E-state index >= 15 is 0 Å². The van der Waals surface area contributed by atoms with Crippen LogP contribution in [-0.4, -0.2) is 54.4 Å². The van der Waals surface area contributed by atoms with Gasteiger partial charge in [0.2, 0.25) is 0 Å². The molecule has 1 aliphatic heterocycles. The van der Waals surface area contributed by atoms with Crippen molar-refractivity contribution < 1.29 is 13.9 Å². The first-order valence-electron chi connectivity index (χ1n) is 13.5. The molecule has 4 aromatic heterocycles. The Morgan fingerprint density at radius 1 is 1.20 bits per heavy atom. The van der Waals surface area contributed by atoms with Gasteiger partial charge in [-0.1, -0.05) is 6.07 Å². The number of hydrogen-bond acceptors (Lipinski definition) is 9. The lowest BCUT2D eigenvalue weighted by molar-refractivity contribution is 0.0901. The van der Waals surface area contributed by atoms with Gasteiger partial charge in [-0.15, -0.1) is 5.10 Å². The molecule has 206 valence electrons. The third-order valence-electron chi connectivity index (χ3n) is 7.07. The number of pyridine rings is 2. The van der Waals surface area contributed by atoms with E-state index in [0.717, 1.165) is 47.4 Å². The molecule has 0 saturated carbocycles. The minimum Gasteiger partial charge on any atom is -0.494 e. The molecule has 0 radical (unpaired) electrons. The van der Waals surface area contributed by atoms with Gasteiger partial charge in [-0.05, 0) is 78.2 Å². The van der Waals surface area contributed by atoms with Crippen LogP contribution in [0.3, 0.4) is 0 Å². The summed E-state index contributed by atoms with van der Waals surface area (Å²) >= 11 is 0. The monoisotopic (exact) mass is 541 g/mol. The number of nitrogens with zero attached hydrogens (tertiary/aromatic N) is 6. The van der Waals surface area contributed by atoms with Gasteiger partial charge in [-0.3, -0.25) is 14.7 Å². The lowest BCUT2D eigenvalue weighted by atomic mass is 10.0. The van der Waals surface area contributed by atoms with E-state index in [1.54, 1.807) is 17.1 Å². The molecule has 5 aromatic rings. The second-order valence-electron chi connectivity index (χ2n) is 9.84. The summed E-state index contributed by atoms with van der Waals surface area (Å²) in [5.74, 6) is 2.04. The van der Waals surface area contributed by atoms with Crippen LogP contribution in [0.25, 0.3) is 10.9 Å². The lowest BCUT2D eigenvalue weighted by Gasteiger charge is -2.30. The average molecular weight is 542 g/mol. The molecular weight excluding hydrogens is 510 g/mol. The maximum atomic E-state index is 13.7. The Balaban J connectivity index is 1.50. The van der Waals surface area contributed by atoms with Crippen LogP contribution in [0.15, 0.2) is 76.4 Å². The SMILES string of the molecule is CCOc1ccc2[nH]c(=O)c([C@H](c3nnnn3C[C@@H]3CCCO3)N(Cc3cccnc3)Cc3ccco3)cc2c1. The summed E-state index contributed by atoms with van der Waals surface area (Å²) < 4.78 is 19.1. The molecule has 0 amide bonds. The van der Waals surface area contributed by atoms with Crippen LogP contribution in [0.4, 0.5) is 0 Å². The van der Waals surface area contributed by atoms with Crippen molar-refractivity contribution in [1.82, 2.24) is 35.1 Å². The molecule has 1 aliphatic rings. The van der Waals surface area contributed by atoms with Crippen molar-refractivity contribution >= 4 is 10.9 Å². The Hall–Kier alpha value is -4.35. The van der Waals surface area contributed by atoms with Crippen LogP contribution in [-0.2, 0) is 24.4 Å². The van der Waals surface area contributed by atoms with Crippen molar-refractivity contribution in [2.45, 2.75) is 51.5 Å². The normalized spacial score (nSPS) is 16.1. The second-order valence-corrected chi connectivity index (χ2v) is 9.84. The minimum absolute atomic E-state index is 0.0170. The van der Waals surface area contributed by atoms with E-state index in [2.05, 4.69) is 30.4 Å². The number of H-pyrrole nitrogens is 1. The van der Waals surface area contributed by atoms with Crippen molar-refractivity contribution in [1.29, 1.82) is 0 Å². The van der Waals surface area contributed by atoms with E-state index < -0.39 is 6.04 Å². The zero-order valence-corrected chi connectivity index (χ0v) is 22.3. The first-order valence-corrected chi connectivity index (χ1v) is 13.5. The van der Waals surface area contributed by atoms with Crippen LogP contribution < -0.4 is 10.3 Å². The van der Waals surface area contributed by atoms with E-state index in [-0.39, 0.29) is 11.7 Å². The maximum Gasteiger partial charge on any atom is 0.253 e. The molecule has 11 heteroatoms. The molecule has 0 bridgehead atoms. The Morgan fingerprint density at radius 3 is 2.92 bits per heavy atom. The predicted molar refractivity (Wildman–Crippen MR) is 147 cm³/mol. The molecule has 5 heterocycles. The second kappa shape index (κ2) is 11.8. The van der Waals surface area contributed by atoms with Crippen LogP contribution in [0, 0.1) is 0 Å². The number of benzene rings is 1. The van der Waals surface area contributed by atoms with Crippen molar-refractivity contribution in [3.63, 3.8) is 0 Å². The molecular formula is C29H31N7O4. The number of aromatic amines is 1. The Bertz CT molecular complexity index is 1590. The molecule has 1 N–H and O–H groups in total. The minimum atomic E-state index is -0.606. The van der Waals surface area contributed by atoms with Crippen molar-refractivity contribution in [3.8, 4) is 5.75 Å². The highest BCUT2D eigenvalue weighted by Gasteiger charge is 2.32. The summed E-state index contributed by atoms with van der Waals surface area (Å²) in [6.07, 6.45) is 7.16. The number of hydrogen-bond donors (Lipinski definition) is 1. The number of tetrazole rings is 1. The zero-order valence-electron chi connectivity index (χ0n) is 22.3. The third-order valence-corrected chi connectivity index (χ3v) is 7.07. The molecule has 6 rings (SSSR count). The van der Waals surface area contributed by atoms with Gasteiger partial charge in [0, 0.05) is 42.0 Å². The highest BCUT2D eigenvalue weighted by molar-refractivity contribution is 5.80. The molecule has 0 spiro atoms. The highest BCUT2D eigenvalue weighted by Crippen LogP contribution is 2.31. The highest BCUT2D eigenvalue weighted by atomic mass is 16.5. The number of rotatable bonds is 11. The number of fused-ring (bicyclic) bond motifs is 1. The molecule has 1 fully saturated rings. The Morgan fingerprint density at radius 2 is 2.15 bits per heavy atom. The molecule has 11 nitrogen and oxygen atoms in total. The first-order chi connectivity index (χ1) is 19.7. The molecule has 0 unspecified atom stereocenters. The van der Waals surface area contributed by atoms with E-state index in [1.807, 2.05) is 61.7 Å². The van der Waals surface area contributed by atoms with Crippen molar-refractivity contribution in [2.75, 3.05) is 13.2 Å². The molecule has 40 heavy (non-hydrogen) atoms. The van der Waals surface area contributed by atoms with E-state index in [1.165, 1.54) is 0 Å². The Kier molecular flexibility index (Phi) is 7.64. The van der Waals surface area contributed by atoms with Crippen LogP contribution >= 0.6 is 0 Å². The number of furan rings is 1. The maximum absolute atomic E-state index is 13.7. The summed E-state index contributed by atoms with van der Waals surface area (Å²) in [4.78, 5) is 23.3. The van der Waals surface area contributed by atoms with Gasteiger partial charge in [-0.2, -0.15) is 0 Å². The molecule has 1 aromatic carbocycles. The van der Waals surface area contributed by atoms with Gasteiger partial charge in [0.05, 0.1) is 32.1 Å². The fourth-order valence-corrected chi connectivity index (χ4v) is 5.25. The summed E-state index contributed by atoms with van der Waals surface area (Å²) in [6, 6.07) is 14.6. The lowest BCUT2D eigenvalue weighted by Crippen LogP contribution is -2.35. The summed E-state index contributed by atoms with van der Waals surface area (Å²) in [5, 5.41) is 13.7. The van der Waals surface area contributed by atoms with Gasteiger partial charge in [-0.25, -0.2) is 4.68 Å². The molecule has 0 aliphatic carbocycles. The average Bonchev–Trinajstić information content (AvgIpc) is 3.75. The fourth-order valence-electron chi connectivity index (χ4n) is 5.25. The fraction of sp³-hybridized carbons (Fsp3) is 0.345. The smallest absolute Gasteiger partial charge is 0.253 e. The standard InChI is InChI=1S/C29H31N7O4/c1-2-38-22-9-10-26-21(14-22)15-25(29(37)31-26)27(28-32-33-34-36(28)19-24-8-5-13-40-24)35(18-23-7-4-12-39-23)17-20-6-3-11-30-16-20/h3-4,6-7,9-12,14-16,24,27H,2,5,8,13,17-19H2,1H3,(H,31,37)/t24-,27+/m0/s1. The Labute approximate surface area is 230 Å².